The Balaban J connectivity index is 1.65. The summed E-state index contributed by atoms with van der Waals surface area (Å²) in [5.74, 6) is 0.812. The molecule has 1 aliphatic carbocycles. The van der Waals surface area contributed by atoms with Crippen molar-refractivity contribution in [2.75, 3.05) is 14.2 Å². The van der Waals surface area contributed by atoms with Crippen LogP contribution >= 0.6 is 11.6 Å². The second kappa shape index (κ2) is 7.09. The largest absolute Gasteiger partial charge is 0.380 e. The van der Waals surface area contributed by atoms with Crippen LogP contribution in [0.2, 0.25) is 5.02 Å². The van der Waals surface area contributed by atoms with Crippen molar-refractivity contribution in [3.63, 3.8) is 0 Å². The van der Waals surface area contributed by atoms with E-state index in [1.165, 1.54) is 0 Å². The van der Waals surface area contributed by atoms with Gasteiger partial charge in [-0.05, 0) is 37.5 Å². The maximum atomic E-state index is 12.7. The van der Waals surface area contributed by atoms with Crippen molar-refractivity contribution in [2.24, 2.45) is 11.7 Å². The summed E-state index contributed by atoms with van der Waals surface area (Å²) in [5, 5.41) is 0.658. The fourth-order valence-corrected chi connectivity index (χ4v) is 3.59. The molecule has 0 spiro atoms. The summed E-state index contributed by atoms with van der Waals surface area (Å²) >= 11 is 5.99. The molecular formula is C17H23ClN4O2. The highest BCUT2D eigenvalue weighted by molar-refractivity contribution is 6.31. The van der Waals surface area contributed by atoms with Gasteiger partial charge in [-0.25, -0.2) is 4.98 Å². The minimum atomic E-state index is -0.0838. The number of nitrogens with two attached hydrogens (primary N) is 1. The minimum Gasteiger partial charge on any atom is -0.380 e. The lowest BCUT2D eigenvalue weighted by molar-refractivity contribution is -0.137. The van der Waals surface area contributed by atoms with E-state index in [-0.39, 0.29) is 24.0 Å². The normalized spacial score (nSPS) is 24.2. The van der Waals surface area contributed by atoms with Gasteiger partial charge in [-0.1, -0.05) is 11.6 Å². The van der Waals surface area contributed by atoms with Crippen LogP contribution in [0, 0.1) is 5.92 Å². The quantitative estimate of drug-likeness (QED) is 0.886. The van der Waals surface area contributed by atoms with E-state index in [0.29, 0.717) is 18.0 Å². The number of nitrogens with zero attached hydrogens (tertiary/aromatic N) is 2. The first kappa shape index (κ1) is 17.2. The molecule has 1 heterocycles. The summed E-state index contributed by atoms with van der Waals surface area (Å²) < 4.78 is 5.36. The third-order valence-corrected chi connectivity index (χ3v) is 4.98. The lowest BCUT2D eigenvalue weighted by atomic mass is 9.83. The van der Waals surface area contributed by atoms with E-state index in [1.54, 1.807) is 25.1 Å². The van der Waals surface area contributed by atoms with Crippen molar-refractivity contribution < 1.29 is 9.53 Å². The molecule has 1 aliphatic rings. The average Bonchev–Trinajstić information content (AvgIpc) is 2.95. The molecule has 0 radical (unpaired) electrons. The number of H-pyrrole nitrogens is 1. The predicted molar refractivity (Wildman–Crippen MR) is 93.7 cm³/mol. The minimum absolute atomic E-state index is 0.0461. The Bertz CT molecular complexity index is 732. The van der Waals surface area contributed by atoms with Crippen molar-refractivity contribution in [2.45, 2.75) is 38.0 Å². The van der Waals surface area contributed by atoms with Crippen LogP contribution in [-0.4, -0.2) is 47.1 Å². The number of nitrogens with one attached hydrogen (secondary N) is 1. The van der Waals surface area contributed by atoms with Gasteiger partial charge >= 0.3 is 0 Å². The summed E-state index contributed by atoms with van der Waals surface area (Å²) in [6.45, 7) is 0.435. The van der Waals surface area contributed by atoms with E-state index in [2.05, 4.69) is 9.97 Å². The zero-order valence-electron chi connectivity index (χ0n) is 14.0. The Kier molecular flexibility index (Phi) is 5.08. The van der Waals surface area contributed by atoms with E-state index in [0.717, 1.165) is 29.7 Å². The van der Waals surface area contributed by atoms with Gasteiger partial charge in [-0.2, -0.15) is 0 Å². The molecule has 3 rings (SSSR count). The summed E-state index contributed by atoms with van der Waals surface area (Å²) in [5.41, 5.74) is 7.83. The predicted octanol–water partition coefficient (Wildman–Crippen LogP) is 2.32. The molecule has 1 fully saturated rings. The molecule has 3 atom stereocenters. The van der Waals surface area contributed by atoms with Crippen LogP contribution in [0.1, 0.15) is 25.1 Å². The molecule has 2 aromatic rings. The van der Waals surface area contributed by atoms with Crippen molar-refractivity contribution in [1.82, 2.24) is 14.9 Å². The maximum Gasteiger partial charge on any atom is 0.225 e. The van der Waals surface area contributed by atoms with Gasteiger partial charge < -0.3 is 20.4 Å². The molecular weight excluding hydrogens is 328 g/mol. The molecule has 1 aromatic carbocycles. The van der Waals surface area contributed by atoms with E-state index in [9.17, 15) is 4.79 Å². The first-order valence-electron chi connectivity index (χ1n) is 8.15. The number of fused-ring (bicyclic) bond motifs is 1. The zero-order chi connectivity index (χ0) is 17.3. The van der Waals surface area contributed by atoms with Crippen LogP contribution < -0.4 is 5.73 Å². The highest BCUT2D eigenvalue weighted by atomic mass is 35.5. The van der Waals surface area contributed by atoms with Crippen molar-refractivity contribution >= 4 is 28.5 Å². The Labute approximate surface area is 146 Å². The molecule has 1 amide bonds. The molecule has 1 saturated carbocycles. The van der Waals surface area contributed by atoms with Gasteiger partial charge in [-0.15, -0.1) is 0 Å². The molecule has 3 N–H and O–H groups in total. The van der Waals surface area contributed by atoms with E-state index in [1.807, 2.05) is 12.1 Å². The summed E-state index contributed by atoms with van der Waals surface area (Å²) in [4.78, 5) is 22.1. The number of aromatic amines is 1. The third-order valence-electron chi connectivity index (χ3n) is 4.74. The maximum absolute atomic E-state index is 12.7. The lowest BCUT2D eigenvalue weighted by Gasteiger charge is -2.34. The number of benzene rings is 1. The van der Waals surface area contributed by atoms with Gasteiger partial charge in [0.15, 0.2) is 0 Å². The number of rotatable bonds is 4. The van der Waals surface area contributed by atoms with Gasteiger partial charge in [-0.3, -0.25) is 4.79 Å². The summed E-state index contributed by atoms with van der Waals surface area (Å²) in [7, 11) is 3.48. The number of imidazole rings is 1. The number of ether oxygens (including phenoxy) is 1. The topological polar surface area (TPSA) is 84.2 Å². The van der Waals surface area contributed by atoms with Gasteiger partial charge in [0.25, 0.3) is 0 Å². The first-order valence-corrected chi connectivity index (χ1v) is 8.53. The summed E-state index contributed by atoms with van der Waals surface area (Å²) in [6.07, 6.45) is 2.35. The average molecular weight is 351 g/mol. The first-order chi connectivity index (χ1) is 11.5. The molecule has 6 nitrogen and oxygen atoms in total. The summed E-state index contributed by atoms with van der Waals surface area (Å²) in [6, 6.07) is 5.42. The Morgan fingerprint density at radius 3 is 3.00 bits per heavy atom. The fourth-order valence-electron chi connectivity index (χ4n) is 3.42. The number of aromatic nitrogens is 2. The van der Waals surface area contributed by atoms with Crippen LogP contribution in [0.4, 0.5) is 0 Å². The van der Waals surface area contributed by atoms with Crippen LogP contribution in [0.15, 0.2) is 18.2 Å². The molecule has 0 aliphatic heterocycles. The number of carbonyl (C=O) groups excluding carboxylic acids is 1. The molecule has 1 aromatic heterocycles. The van der Waals surface area contributed by atoms with Crippen LogP contribution in [-0.2, 0) is 16.1 Å². The highest BCUT2D eigenvalue weighted by Gasteiger charge is 2.33. The van der Waals surface area contributed by atoms with Crippen molar-refractivity contribution in [1.29, 1.82) is 0 Å². The van der Waals surface area contributed by atoms with Gasteiger partial charge in [0.2, 0.25) is 5.91 Å². The second-order valence-corrected chi connectivity index (χ2v) is 6.92. The Hall–Kier alpha value is -1.63. The van der Waals surface area contributed by atoms with E-state index in [4.69, 9.17) is 22.1 Å². The second-order valence-electron chi connectivity index (χ2n) is 6.49. The van der Waals surface area contributed by atoms with Gasteiger partial charge in [0.1, 0.15) is 5.82 Å². The number of methoxy groups -OCH3 is 1. The molecule has 130 valence electrons. The third kappa shape index (κ3) is 3.55. The van der Waals surface area contributed by atoms with Crippen LogP contribution in [0.5, 0.6) is 0 Å². The number of hydrogen-bond donors (Lipinski definition) is 2. The number of carbonyl (C=O) groups is 1. The van der Waals surface area contributed by atoms with Gasteiger partial charge in [0.05, 0.1) is 23.7 Å². The monoisotopic (exact) mass is 350 g/mol. The number of hydrogen-bond acceptors (Lipinski definition) is 4. The molecule has 0 bridgehead atoms. The highest BCUT2D eigenvalue weighted by Crippen LogP contribution is 2.27. The number of halogens is 1. The number of amides is 1. The molecule has 0 unspecified atom stereocenters. The lowest BCUT2D eigenvalue weighted by Crippen LogP contribution is -2.45. The van der Waals surface area contributed by atoms with Crippen LogP contribution in [0.25, 0.3) is 11.0 Å². The zero-order valence-corrected chi connectivity index (χ0v) is 14.7. The smallest absolute Gasteiger partial charge is 0.225 e. The van der Waals surface area contributed by atoms with E-state index < -0.39 is 0 Å². The van der Waals surface area contributed by atoms with Crippen LogP contribution in [0.3, 0.4) is 0 Å². The fraction of sp³-hybridized carbons (Fsp3) is 0.529. The molecule has 0 saturated heterocycles. The van der Waals surface area contributed by atoms with E-state index >= 15 is 0 Å². The van der Waals surface area contributed by atoms with Gasteiger partial charge in [0, 0.05) is 31.1 Å². The molecule has 7 heteroatoms. The molecule has 24 heavy (non-hydrogen) atoms. The SMILES string of the molecule is CO[C@@H]1CC[C@H](C(=O)N(C)Cc2nc3ccc(Cl)cc3[nH]2)C[C@H]1N. The Morgan fingerprint density at radius 1 is 1.50 bits per heavy atom. The van der Waals surface area contributed by atoms with Crippen molar-refractivity contribution in [3.05, 3.63) is 29.0 Å². The Morgan fingerprint density at radius 2 is 2.29 bits per heavy atom. The standard InChI is InChI=1S/C17H23ClN4O2/c1-22(17(23)10-3-6-15(24-2)12(19)7-10)9-16-20-13-5-4-11(18)8-14(13)21-16/h4-5,8,10,12,15H,3,6-7,9,19H2,1-2H3,(H,20,21)/t10-,12+,15+/m0/s1. The van der Waals surface area contributed by atoms with Crippen molar-refractivity contribution in [3.8, 4) is 0 Å².